The first-order valence-corrected chi connectivity index (χ1v) is 11.1. The molecule has 0 saturated carbocycles. The van der Waals surface area contributed by atoms with Gasteiger partial charge in [-0.15, -0.1) is 0 Å². The highest BCUT2D eigenvalue weighted by Crippen LogP contribution is 2.30. The lowest BCUT2D eigenvalue weighted by atomic mass is 9.98. The van der Waals surface area contributed by atoms with Gasteiger partial charge >= 0.3 is 0 Å². The lowest BCUT2D eigenvalue weighted by Gasteiger charge is -2.43. The molecule has 2 N–H and O–H groups in total. The van der Waals surface area contributed by atoms with Crippen LogP contribution in [0.25, 0.3) is 0 Å². The Labute approximate surface area is 190 Å². The fraction of sp³-hybridized carbons (Fsp3) is 0.478. The van der Waals surface area contributed by atoms with E-state index in [4.69, 9.17) is 0 Å². The second-order valence-electron chi connectivity index (χ2n) is 8.93. The summed E-state index contributed by atoms with van der Waals surface area (Å²) in [6.07, 6.45) is 1.45. The lowest BCUT2D eigenvalue weighted by Crippen LogP contribution is -2.54. The Morgan fingerprint density at radius 2 is 1.88 bits per heavy atom. The summed E-state index contributed by atoms with van der Waals surface area (Å²) in [5.74, 6) is -1.22. The number of carbonyl (C=O) groups excluding carboxylic acids is 2. The summed E-state index contributed by atoms with van der Waals surface area (Å²) in [6.45, 7) is 6.76. The third kappa shape index (κ3) is 4.47. The van der Waals surface area contributed by atoms with E-state index in [1.165, 1.54) is 28.8 Å². The number of fused-ring (bicyclic) bond motifs is 1. The van der Waals surface area contributed by atoms with Crippen molar-refractivity contribution >= 4 is 11.8 Å². The van der Waals surface area contributed by atoms with E-state index in [0.717, 1.165) is 13.0 Å². The first kappa shape index (κ1) is 22.9. The number of carbonyl (C=O) groups is 2. The molecule has 1 aromatic carbocycles. The number of hydrogen-bond donors (Lipinski definition) is 2. The third-order valence-electron chi connectivity index (χ3n) is 6.47. The van der Waals surface area contributed by atoms with Gasteiger partial charge in [0.1, 0.15) is 11.6 Å². The minimum absolute atomic E-state index is 0.0953. The minimum Gasteiger partial charge on any atom is -0.501 e. The molecule has 2 amide bonds. The average molecular weight is 458 g/mol. The van der Waals surface area contributed by atoms with E-state index in [0.29, 0.717) is 44.0 Å². The number of amides is 2. The maximum Gasteiger partial charge on any atom is 0.296 e. The first-order valence-electron chi connectivity index (χ1n) is 11.1. The maximum atomic E-state index is 13.1. The molecule has 2 aliphatic rings. The largest absolute Gasteiger partial charge is 0.501 e. The molecule has 0 bridgehead atoms. The van der Waals surface area contributed by atoms with Crippen molar-refractivity contribution in [1.29, 1.82) is 0 Å². The molecule has 10 heteroatoms. The van der Waals surface area contributed by atoms with Crippen LogP contribution in [0.15, 0.2) is 29.1 Å². The standard InChI is InChI=1S/C23H28FN5O4/c1-23(2)22-26-18(20(32)25-14-15-5-7-16(24)8-6-15)19(31)21(33)29(22)13-12-28(23)11-10-27-9-3-4-17(27)30/h5-8,31H,3-4,9-14H2,1-2H3,(H,25,32). The highest BCUT2D eigenvalue weighted by atomic mass is 19.1. The zero-order valence-electron chi connectivity index (χ0n) is 18.8. The fourth-order valence-corrected chi connectivity index (χ4v) is 4.46. The Morgan fingerprint density at radius 3 is 2.55 bits per heavy atom. The molecule has 176 valence electrons. The van der Waals surface area contributed by atoms with Gasteiger partial charge < -0.3 is 15.3 Å². The fourth-order valence-electron chi connectivity index (χ4n) is 4.46. The molecule has 0 aliphatic carbocycles. The highest BCUT2D eigenvalue weighted by Gasteiger charge is 2.39. The zero-order chi connectivity index (χ0) is 23.8. The predicted molar refractivity (Wildman–Crippen MR) is 118 cm³/mol. The molecule has 0 spiro atoms. The molecular weight excluding hydrogens is 429 g/mol. The van der Waals surface area contributed by atoms with Gasteiger partial charge in [0.2, 0.25) is 11.7 Å². The third-order valence-corrected chi connectivity index (χ3v) is 6.47. The summed E-state index contributed by atoms with van der Waals surface area (Å²) in [6, 6.07) is 5.65. The van der Waals surface area contributed by atoms with E-state index in [2.05, 4.69) is 15.2 Å². The molecule has 2 aliphatic heterocycles. The van der Waals surface area contributed by atoms with Crippen molar-refractivity contribution in [2.24, 2.45) is 0 Å². The Kier molecular flexibility index (Phi) is 6.20. The normalized spacial score (nSPS) is 17.8. The van der Waals surface area contributed by atoms with Gasteiger partial charge in [-0.05, 0) is 38.0 Å². The monoisotopic (exact) mass is 457 g/mol. The number of aromatic nitrogens is 2. The number of nitrogens with one attached hydrogen (secondary N) is 1. The van der Waals surface area contributed by atoms with Gasteiger partial charge in [0, 0.05) is 45.7 Å². The number of aromatic hydroxyl groups is 1. The van der Waals surface area contributed by atoms with Crippen LogP contribution in [0.4, 0.5) is 4.39 Å². The van der Waals surface area contributed by atoms with Crippen molar-refractivity contribution in [2.45, 2.75) is 45.3 Å². The number of benzene rings is 1. The van der Waals surface area contributed by atoms with Crippen LogP contribution in [-0.4, -0.2) is 62.5 Å². The summed E-state index contributed by atoms with van der Waals surface area (Å²) in [5, 5.41) is 13.0. The summed E-state index contributed by atoms with van der Waals surface area (Å²) in [4.78, 5) is 45.9. The number of likely N-dealkylation sites (tertiary alicyclic amines) is 1. The molecule has 1 fully saturated rings. The van der Waals surface area contributed by atoms with Crippen LogP contribution in [0.1, 0.15) is 48.6 Å². The molecule has 2 aromatic rings. The number of hydrogen-bond acceptors (Lipinski definition) is 6. The average Bonchev–Trinajstić information content (AvgIpc) is 3.19. The Balaban J connectivity index is 1.55. The maximum absolute atomic E-state index is 13.1. The van der Waals surface area contributed by atoms with Gasteiger partial charge in [-0.1, -0.05) is 12.1 Å². The number of halogens is 1. The van der Waals surface area contributed by atoms with Crippen LogP contribution in [0.2, 0.25) is 0 Å². The summed E-state index contributed by atoms with van der Waals surface area (Å²) in [7, 11) is 0. The molecule has 4 rings (SSSR count). The van der Waals surface area contributed by atoms with Crippen molar-refractivity contribution in [3.63, 3.8) is 0 Å². The van der Waals surface area contributed by atoms with Crippen LogP contribution in [0, 0.1) is 5.82 Å². The lowest BCUT2D eigenvalue weighted by molar-refractivity contribution is -0.128. The number of rotatable bonds is 6. The number of nitrogens with zero attached hydrogens (tertiary/aromatic N) is 4. The molecule has 3 heterocycles. The molecule has 0 atom stereocenters. The van der Waals surface area contributed by atoms with E-state index in [1.807, 2.05) is 18.7 Å². The topological polar surface area (TPSA) is 108 Å². The summed E-state index contributed by atoms with van der Waals surface area (Å²) in [5.41, 5.74) is -1.02. The Hall–Kier alpha value is -3.27. The Bertz CT molecular complexity index is 1130. The molecule has 0 unspecified atom stereocenters. The van der Waals surface area contributed by atoms with E-state index < -0.39 is 22.8 Å². The molecule has 33 heavy (non-hydrogen) atoms. The van der Waals surface area contributed by atoms with Crippen LogP contribution in [-0.2, 0) is 23.4 Å². The second-order valence-corrected chi connectivity index (χ2v) is 8.93. The van der Waals surface area contributed by atoms with Crippen molar-refractivity contribution in [3.05, 3.63) is 57.5 Å². The van der Waals surface area contributed by atoms with Crippen LogP contribution in [0.3, 0.4) is 0 Å². The van der Waals surface area contributed by atoms with Crippen molar-refractivity contribution < 1.29 is 19.1 Å². The van der Waals surface area contributed by atoms with Crippen LogP contribution in [0.5, 0.6) is 5.75 Å². The van der Waals surface area contributed by atoms with E-state index >= 15 is 0 Å². The first-order chi connectivity index (χ1) is 15.7. The van der Waals surface area contributed by atoms with Crippen molar-refractivity contribution in [1.82, 2.24) is 24.7 Å². The van der Waals surface area contributed by atoms with Crippen LogP contribution >= 0.6 is 0 Å². The summed E-state index contributed by atoms with van der Waals surface area (Å²) >= 11 is 0. The zero-order valence-corrected chi connectivity index (χ0v) is 18.8. The van der Waals surface area contributed by atoms with E-state index in [1.54, 1.807) is 0 Å². The molecule has 1 saturated heterocycles. The summed E-state index contributed by atoms with van der Waals surface area (Å²) < 4.78 is 14.5. The van der Waals surface area contributed by atoms with Crippen LogP contribution < -0.4 is 10.9 Å². The minimum atomic E-state index is -0.695. The molecular formula is C23H28FN5O4. The van der Waals surface area contributed by atoms with Gasteiger partial charge in [0.15, 0.2) is 5.69 Å². The molecule has 9 nitrogen and oxygen atoms in total. The quantitative estimate of drug-likeness (QED) is 0.675. The smallest absolute Gasteiger partial charge is 0.296 e. The van der Waals surface area contributed by atoms with Gasteiger partial charge in [-0.2, -0.15) is 0 Å². The highest BCUT2D eigenvalue weighted by molar-refractivity contribution is 5.94. The van der Waals surface area contributed by atoms with Crippen molar-refractivity contribution in [2.75, 3.05) is 26.2 Å². The van der Waals surface area contributed by atoms with Gasteiger partial charge in [0.05, 0.1) is 5.54 Å². The Morgan fingerprint density at radius 1 is 1.15 bits per heavy atom. The molecule has 0 radical (unpaired) electrons. The molecule has 1 aromatic heterocycles. The van der Waals surface area contributed by atoms with Crippen molar-refractivity contribution in [3.8, 4) is 5.75 Å². The van der Waals surface area contributed by atoms with E-state index in [-0.39, 0.29) is 24.0 Å². The SMILES string of the molecule is CC1(C)c2nc(C(=O)NCc3ccc(F)cc3)c(O)c(=O)n2CCN1CCN1CCCC1=O. The second kappa shape index (κ2) is 8.93. The van der Waals surface area contributed by atoms with E-state index in [9.17, 15) is 23.9 Å². The van der Waals surface area contributed by atoms with Gasteiger partial charge in [-0.3, -0.25) is 23.9 Å². The van der Waals surface area contributed by atoms with Gasteiger partial charge in [-0.25, -0.2) is 9.37 Å². The predicted octanol–water partition coefficient (Wildman–Crippen LogP) is 1.19. The van der Waals surface area contributed by atoms with Gasteiger partial charge in [0.25, 0.3) is 11.5 Å².